The fourth-order valence-electron chi connectivity index (χ4n) is 4.38. The van der Waals surface area contributed by atoms with Gasteiger partial charge in [-0.1, -0.05) is 25.0 Å². The van der Waals surface area contributed by atoms with Gasteiger partial charge in [0.05, 0.1) is 19.8 Å². The molecule has 0 amide bonds. The maximum Gasteiger partial charge on any atom is 0.191 e. The van der Waals surface area contributed by atoms with Gasteiger partial charge in [-0.3, -0.25) is 0 Å². The average Bonchev–Trinajstić information content (AvgIpc) is 3.24. The second kappa shape index (κ2) is 13.4. The van der Waals surface area contributed by atoms with E-state index in [9.17, 15) is 0 Å². The number of hydrogen-bond donors (Lipinski definition) is 2. The number of guanidine groups is 1. The van der Waals surface area contributed by atoms with Gasteiger partial charge >= 0.3 is 0 Å². The Bertz CT molecular complexity index is 627. The second-order valence-corrected chi connectivity index (χ2v) is 8.26. The van der Waals surface area contributed by atoms with E-state index in [-0.39, 0.29) is 24.0 Å². The molecule has 1 saturated carbocycles. The minimum Gasteiger partial charge on any atom is -0.385 e. The van der Waals surface area contributed by atoms with Crippen molar-refractivity contribution in [2.75, 3.05) is 58.0 Å². The standard InChI is InChI=1S/C23H38N4O2.HI/c1-3-24-22(26-19-23(12-15-28-2)10-4-5-11-23)25-18-20-6-8-21(9-7-20)27-13-16-29-17-14-27;/h6-9H,3-5,10-19H2,1-2H3,(H2,24,25,26);1H. The highest BCUT2D eigenvalue weighted by atomic mass is 127. The Morgan fingerprint density at radius 1 is 1.13 bits per heavy atom. The number of nitrogens with one attached hydrogen (secondary N) is 2. The van der Waals surface area contributed by atoms with Gasteiger partial charge in [0.15, 0.2) is 5.96 Å². The lowest BCUT2D eigenvalue weighted by molar-refractivity contribution is 0.122. The van der Waals surface area contributed by atoms with Crippen LogP contribution in [0.4, 0.5) is 5.69 Å². The predicted molar refractivity (Wildman–Crippen MR) is 135 cm³/mol. The summed E-state index contributed by atoms with van der Waals surface area (Å²) in [5.41, 5.74) is 2.85. The third-order valence-electron chi connectivity index (χ3n) is 6.21. The third kappa shape index (κ3) is 7.57. The number of benzene rings is 1. The van der Waals surface area contributed by atoms with E-state index in [0.717, 1.165) is 58.4 Å². The summed E-state index contributed by atoms with van der Waals surface area (Å²) in [5.74, 6) is 0.911. The van der Waals surface area contributed by atoms with Crippen molar-refractivity contribution in [3.63, 3.8) is 0 Å². The Balaban J connectivity index is 0.00000320. The van der Waals surface area contributed by atoms with Crippen LogP contribution in [0.15, 0.2) is 29.3 Å². The van der Waals surface area contributed by atoms with Crippen LogP contribution in [0.2, 0.25) is 0 Å². The van der Waals surface area contributed by atoms with Crippen molar-refractivity contribution in [1.29, 1.82) is 0 Å². The molecule has 0 bridgehead atoms. The summed E-state index contributed by atoms with van der Waals surface area (Å²) < 4.78 is 10.8. The van der Waals surface area contributed by atoms with Gasteiger partial charge in [0, 0.05) is 45.6 Å². The number of ether oxygens (including phenoxy) is 2. The van der Waals surface area contributed by atoms with Crippen molar-refractivity contribution in [3.8, 4) is 0 Å². The molecule has 3 rings (SSSR count). The first-order valence-electron chi connectivity index (χ1n) is 11.2. The summed E-state index contributed by atoms with van der Waals surface area (Å²) in [6.07, 6.45) is 6.35. The van der Waals surface area contributed by atoms with Crippen LogP contribution in [-0.4, -0.2) is 59.1 Å². The topological polar surface area (TPSA) is 58.1 Å². The monoisotopic (exact) mass is 530 g/mol. The number of rotatable bonds is 9. The molecule has 0 aromatic heterocycles. The summed E-state index contributed by atoms with van der Waals surface area (Å²) in [4.78, 5) is 7.21. The largest absolute Gasteiger partial charge is 0.385 e. The average molecular weight is 530 g/mol. The highest BCUT2D eigenvalue weighted by molar-refractivity contribution is 14.0. The molecule has 30 heavy (non-hydrogen) atoms. The Morgan fingerprint density at radius 3 is 2.47 bits per heavy atom. The number of methoxy groups -OCH3 is 1. The SMILES string of the molecule is CCNC(=NCc1ccc(N2CCOCC2)cc1)NCC1(CCOC)CCCC1.I. The third-order valence-corrected chi connectivity index (χ3v) is 6.21. The first-order valence-corrected chi connectivity index (χ1v) is 11.2. The maximum absolute atomic E-state index is 5.44. The minimum absolute atomic E-state index is 0. The number of anilines is 1. The van der Waals surface area contributed by atoms with E-state index in [4.69, 9.17) is 14.5 Å². The summed E-state index contributed by atoms with van der Waals surface area (Å²) >= 11 is 0. The summed E-state index contributed by atoms with van der Waals surface area (Å²) in [6.45, 7) is 9.04. The molecule has 1 aromatic rings. The summed E-state index contributed by atoms with van der Waals surface area (Å²) in [5, 5.41) is 7.01. The summed E-state index contributed by atoms with van der Waals surface area (Å²) in [6, 6.07) is 8.79. The van der Waals surface area contributed by atoms with Gasteiger partial charge in [-0.15, -0.1) is 24.0 Å². The molecule has 1 aliphatic carbocycles. The molecule has 7 heteroatoms. The Hall–Kier alpha value is -1.06. The van der Waals surface area contributed by atoms with Crippen LogP contribution < -0.4 is 15.5 Å². The second-order valence-electron chi connectivity index (χ2n) is 8.26. The van der Waals surface area contributed by atoms with E-state index >= 15 is 0 Å². The Morgan fingerprint density at radius 2 is 1.83 bits per heavy atom. The molecule has 2 N–H and O–H groups in total. The number of morpholine rings is 1. The first kappa shape index (κ1) is 25.2. The van der Waals surface area contributed by atoms with Crippen molar-refractivity contribution in [1.82, 2.24) is 10.6 Å². The molecule has 2 fully saturated rings. The molecular formula is C23H39IN4O2. The number of hydrogen-bond acceptors (Lipinski definition) is 4. The van der Waals surface area contributed by atoms with Gasteiger partial charge in [-0.2, -0.15) is 0 Å². The Labute approximate surface area is 199 Å². The van der Waals surface area contributed by atoms with Crippen molar-refractivity contribution in [3.05, 3.63) is 29.8 Å². The molecule has 0 spiro atoms. The Kier molecular flexibility index (Phi) is 11.2. The zero-order chi connectivity index (χ0) is 20.4. The van der Waals surface area contributed by atoms with Crippen molar-refractivity contribution in [2.45, 2.75) is 45.6 Å². The van der Waals surface area contributed by atoms with Crippen molar-refractivity contribution >= 4 is 35.6 Å². The quantitative estimate of drug-likeness (QED) is 0.289. The molecule has 1 saturated heterocycles. The van der Waals surface area contributed by atoms with E-state index in [0.29, 0.717) is 12.0 Å². The molecule has 2 aliphatic rings. The lowest BCUT2D eigenvalue weighted by Crippen LogP contribution is -2.43. The van der Waals surface area contributed by atoms with Gasteiger partial charge in [0.25, 0.3) is 0 Å². The molecular weight excluding hydrogens is 491 g/mol. The molecule has 1 aliphatic heterocycles. The van der Waals surface area contributed by atoms with Gasteiger partial charge in [0.1, 0.15) is 0 Å². The molecule has 1 aromatic carbocycles. The van der Waals surface area contributed by atoms with Gasteiger partial charge in [-0.05, 0) is 49.3 Å². The van der Waals surface area contributed by atoms with E-state index in [1.807, 2.05) is 0 Å². The number of nitrogens with zero attached hydrogens (tertiary/aromatic N) is 2. The van der Waals surface area contributed by atoms with Gasteiger partial charge in [0.2, 0.25) is 0 Å². The van der Waals surface area contributed by atoms with Crippen LogP contribution >= 0.6 is 24.0 Å². The zero-order valence-corrected chi connectivity index (χ0v) is 21.0. The zero-order valence-electron chi connectivity index (χ0n) is 18.6. The molecule has 0 unspecified atom stereocenters. The van der Waals surface area contributed by atoms with Crippen LogP contribution in [-0.2, 0) is 16.0 Å². The van der Waals surface area contributed by atoms with E-state index in [2.05, 4.69) is 46.7 Å². The van der Waals surface area contributed by atoms with E-state index in [1.165, 1.54) is 36.9 Å². The van der Waals surface area contributed by atoms with Crippen LogP contribution in [0.5, 0.6) is 0 Å². The lowest BCUT2D eigenvalue weighted by atomic mass is 9.83. The van der Waals surface area contributed by atoms with Gasteiger partial charge in [-0.25, -0.2) is 4.99 Å². The highest BCUT2D eigenvalue weighted by Gasteiger charge is 2.33. The number of halogens is 1. The van der Waals surface area contributed by atoms with Crippen molar-refractivity contribution < 1.29 is 9.47 Å². The lowest BCUT2D eigenvalue weighted by Gasteiger charge is -2.30. The predicted octanol–water partition coefficient (Wildman–Crippen LogP) is 3.79. The molecule has 0 radical (unpaired) electrons. The molecule has 1 heterocycles. The molecule has 6 nitrogen and oxygen atoms in total. The van der Waals surface area contributed by atoms with Crippen LogP contribution in [0, 0.1) is 5.41 Å². The van der Waals surface area contributed by atoms with Crippen molar-refractivity contribution in [2.24, 2.45) is 10.4 Å². The van der Waals surface area contributed by atoms with Crippen LogP contribution in [0.25, 0.3) is 0 Å². The first-order chi connectivity index (χ1) is 14.2. The van der Waals surface area contributed by atoms with E-state index < -0.39 is 0 Å². The maximum atomic E-state index is 5.44. The number of aliphatic imine (C=N–C) groups is 1. The van der Waals surface area contributed by atoms with Crippen LogP contribution in [0.3, 0.4) is 0 Å². The molecule has 0 atom stereocenters. The van der Waals surface area contributed by atoms with Crippen LogP contribution in [0.1, 0.15) is 44.6 Å². The minimum atomic E-state index is 0. The fraction of sp³-hybridized carbons (Fsp3) is 0.696. The molecule has 170 valence electrons. The fourth-order valence-corrected chi connectivity index (χ4v) is 4.38. The normalized spacial score (nSPS) is 18.7. The van der Waals surface area contributed by atoms with E-state index in [1.54, 1.807) is 7.11 Å². The summed E-state index contributed by atoms with van der Waals surface area (Å²) in [7, 11) is 1.80. The highest BCUT2D eigenvalue weighted by Crippen LogP contribution is 2.40. The smallest absolute Gasteiger partial charge is 0.191 e. The van der Waals surface area contributed by atoms with Gasteiger partial charge < -0.3 is 25.0 Å².